The summed E-state index contributed by atoms with van der Waals surface area (Å²) in [5, 5.41) is 11.5. The van der Waals surface area contributed by atoms with E-state index in [4.69, 9.17) is 69.6 Å². The fraction of sp³-hybridized carbons (Fsp3) is 0. The van der Waals surface area contributed by atoms with Gasteiger partial charge in [0, 0.05) is 38.5 Å². The lowest BCUT2D eigenvalue weighted by Gasteiger charge is -2.13. The van der Waals surface area contributed by atoms with E-state index < -0.39 is 0 Å². The summed E-state index contributed by atoms with van der Waals surface area (Å²) in [7, 11) is 0. The zero-order valence-electron chi connectivity index (χ0n) is 12.6. The van der Waals surface area contributed by atoms with Crippen molar-refractivity contribution < 1.29 is 0 Å². The number of aromatic nitrogens is 1. The number of pyridine rings is 1. The molecule has 1 heterocycles. The van der Waals surface area contributed by atoms with Crippen LogP contribution in [0.2, 0.25) is 30.1 Å². The van der Waals surface area contributed by atoms with Crippen molar-refractivity contribution in [3.8, 4) is 28.3 Å². The predicted octanol–water partition coefficient (Wildman–Crippen LogP) is 8.21. The molecule has 0 aliphatic heterocycles. The van der Waals surface area contributed by atoms with Crippen molar-refractivity contribution in [3.05, 3.63) is 72.4 Å². The van der Waals surface area contributed by atoms with Crippen LogP contribution in [0.4, 0.5) is 0 Å². The lowest BCUT2D eigenvalue weighted by Crippen LogP contribution is -1.94. The molecule has 0 fully saturated rings. The Balaban J connectivity index is 2.30. The molecule has 26 heavy (non-hydrogen) atoms. The van der Waals surface area contributed by atoms with Gasteiger partial charge in [-0.2, -0.15) is 5.26 Å². The Morgan fingerprint density at radius 3 is 1.62 bits per heavy atom. The highest BCUT2D eigenvalue weighted by Gasteiger charge is 2.18. The van der Waals surface area contributed by atoms with E-state index in [-0.39, 0.29) is 5.69 Å². The molecular formula is C18H6Cl6N2. The Morgan fingerprint density at radius 1 is 0.692 bits per heavy atom. The highest BCUT2D eigenvalue weighted by Crippen LogP contribution is 2.42. The maximum absolute atomic E-state index is 9.43. The molecule has 0 radical (unpaired) electrons. The van der Waals surface area contributed by atoms with E-state index in [2.05, 4.69) is 4.98 Å². The Kier molecular flexibility index (Phi) is 5.89. The summed E-state index contributed by atoms with van der Waals surface area (Å²) in [5.41, 5.74) is 2.18. The molecule has 1 aromatic heterocycles. The second kappa shape index (κ2) is 7.82. The van der Waals surface area contributed by atoms with E-state index in [0.717, 1.165) is 0 Å². The first kappa shape index (κ1) is 19.6. The third kappa shape index (κ3) is 3.75. The van der Waals surface area contributed by atoms with Crippen LogP contribution in [0.1, 0.15) is 5.69 Å². The lowest BCUT2D eigenvalue weighted by molar-refractivity contribution is 1.26. The molecule has 2 nitrogen and oxygen atoms in total. The molecule has 0 aliphatic rings. The summed E-state index contributed by atoms with van der Waals surface area (Å²) in [6.07, 6.45) is 1.50. The van der Waals surface area contributed by atoms with Gasteiger partial charge in [-0.25, -0.2) is 4.98 Å². The SMILES string of the molecule is N#Cc1ncc(-c2c(Cl)cc(Cl)cc2Cl)cc1-c1c(Cl)cc(Cl)cc1Cl. The van der Waals surface area contributed by atoms with Gasteiger partial charge < -0.3 is 0 Å². The molecule has 3 rings (SSSR count). The summed E-state index contributed by atoms with van der Waals surface area (Å²) in [6.45, 7) is 0. The smallest absolute Gasteiger partial charge is 0.148 e. The zero-order valence-corrected chi connectivity index (χ0v) is 17.2. The van der Waals surface area contributed by atoms with E-state index in [1.54, 1.807) is 30.3 Å². The Labute approximate surface area is 179 Å². The Bertz CT molecular complexity index is 1030. The average Bonchev–Trinajstić information content (AvgIpc) is 2.53. The first-order valence-corrected chi connectivity index (χ1v) is 9.28. The number of hydrogen-bond acceptors (Lipinski definition) is 2. The molecule has 0 unspecified atom stereocenters. The monoisotopic (exact) mass is 460 g/mol. The molecule has 130 valence electrons. The molecule has 2 aromatic carbocycles. The Morgan fingerprint density at radius 2 is 1.15 bits per heavy atom. The minimum absolute atomic E-state index is 0.154. The third-order valence-electron chi connectivity index (χ3n) is 3.57. The second-order valence-electron chi connectivity index (χ2n) is 5.22. The van der Waals surface area contributed by atoms with Crippen molar-refractivity contribution in [1.29, 1.82) is 5.26 Å². The number of nitrogens with zero attached hydrogens (tertiary/aromatic N) is 2. The number of nitriles is 1. The number of rotatable bonds is 2. The maximum Gasteiger partial charge on any atom is 0.148 e. The summed E-state index contributed by atoms with van der Waals surface area (Å²) < 4.78 is 0. The summed E-state index contributed by atoms with van der Waals surface area (Å²) in [4.78, 5) is 4.20. The van der Waals surface area contributed by atoms with E-state index in [1.807, 2.05) is 6.07 Å². The fourth-order valence-corrected chi connectivity index (χ4v) is 4.55. The van der Waals surface area contributed by atoms with E-state index in [1.165, 1.54) is 6.20 Å². The molecule has 0 aliphatic carbocycles. The van der Waals surface area contributed by atoms with Gasteiger partial charge in [0.1, 0.15) is 11.8 Å². The molecule has 0 spiro atoms. The van der Waals surface area contributed by atoms with E-state index >= 15 is 0 Å². The molecule has 0 N–H and O–H groups in total. The molecule has 0 saturated carbocycles. The fourth-order valence-electron chi connectivity index (χ4n) is 2.50. The predicted molar refractivity (Wildman–Crippen MR) is 110 cm³/mol. The zero-order chi connectivity index (χ0) is 19.0. The molecule has 0 bridgehead atoms. The summed E-state index contributed by atoms with van der Waals surface area (Å²) in [5.74, 6) is 0. The lowest BCUT2D eigenvalue weighted by atomic mass is 9.99. The molecular weight excluding hydrogens is 457 g/mol. The highest BCUT2D eigenvalue weighted by atomic mass is 35.5. The van der Waals surface area contributed by atoms with E-state index in [9.17, 15) is 5.26 Å². The van der Waals surface area contributed by atoms with Crippen LogP contribution in [-0.4, -0.2) is 4.98 Å². The van der Waals surface area contributed by atoms with Gasteiger partial charge in [-0.05, 0) is 30.3 Å². The van der Waals surface area contributed by atoms with Gasteiger partial charge in [-0.1, -0.05) is 69.6 Å². The van der Waals surface area contributed by atoms with Gasteiger partial charge in [-0.3, -0.25) is 0 Å². The van der Waals surface area contributed by atoms with Gasteiger partial charge in [-0.15, -0.1) is 0 Å². The van der Waals surface area contributed by atoms with Gasteiger partial charge in [0.25, 0.3) is 0 Å². The second-order valence-corrected chi connectivity index (χ2v) is 7.72. The summed E-state index contributed by atoms with van der Waals surface area (Å²) in [6, 6.07) is 9.97. The first-order chi connectivity index (χ1) is 12.3. The van der Waals surface area contributed by atoms with E-state index in [0.29, 0.717) is 52.4 Å². The highest BCUT2D eigenvalue weighted by molar-refractivity contribution is 6.43. The summed E-state index contributed by atoms with van der Waals surface area (Å²) >= 11 is 37.1. The van der Waals surface area contributed by atoms with Crippen LogP contribution in [0.15, 0.2) is 36.5 Å². The molecule has 0 saturated heterocycles. The minimum atomic E-state index is 0.154. The van der Waals surface area contributed by atoms with Gasteiger partial charge in [0.05, 0.1) is 20.1 Å². The van der Waals surface area contributed by atoms with Crippen molar-refractivity contribution in [2.75, 3.05) is 0 Å². The van der Waals surface area contributed by atoms with Crippen LogP contribution >= 0.6 is 69.6 Å². The van der Waals surface area contributed by atoms with Crippen LogP contribution in [-0.2, 0) is 0 Å². The minimum Gasteiger partial charge on any atom is -0.244 e. The van der Waals surface area contributed by atoms with Crippen LogP contribution < -0.4 is 0 Å². The van der Waals surface area contributed by atoms with Crippen LogP contribution in [0, 0.1) is 11.3 Å². The number of halogens is 6. The molecule has 3 aromatic rings. The topological polar surface area (TPSA) is 36.7 Å². The van der Waals surface area contributed by atoms with Crippen LogP contribution in [0.25, 0.3) is 22.3 Å². The largest absolute Gasteiger partial charge is 0.244 e. The van der Waals surface area contributed by atoms with Crippen molar-refractivity contribution in [3.63, 3.8) is 0 Å². The quantitative estimate of drug-likeness (QED) is 0.384. The molecule has 0 amide bonds. The number of hydrogen-bond donors (Lipinski definition) is 0. The third-order valence-corrected chi connectivity index (χ3v) is 5.19. The number of benzene rings is 2. The van der Waals surface area contributed by atoms with Crippen molar-refractivity contribution >= 4 is 69.6 Å². The molecule has 0 atom stereocenters. The Hall–Kier alpha value is -1.18. The van der Waals surface area contributed by atoms with Gasteiger partial charge in [0.15, 0.2) is 0 Å². The van der Waals surface area contributed by atoms with Gasteiger partial charge >= 0.3 is 0 Å². The van der Waals surface area contributed by atoms with Gasteiger partial charge in [0.2, 0.25) is 0 Å². The van der Waals surface area contributed by atoms with Crippen molar-refractivity contribution in [1.82, 2.24) is 4.98 Å². The maximum atomic E-state index is 9.43. The van der Waals surface area contributed by atoms with Crippen LogP contribution in [0.3, 0.4) is 0 Å². The standard InChI is InChI=1S/C18H6Cl6N2/c19-9-2-12(21)17(13(22)3-9)8-1-11(16(6-25)26-7-8)18-14(23)4-10(20)5-15(18)24/h1-5,7H. The van der Waals surface area contributed by atoms with Crippen molar-refractivity contribution in [2.45, 2.75) is 0 Å². The van der Waals surface area contributed by atoms with Crippen molar-refractivity contribution in [2.24, 2.45) is 0 Å². The molecule has 8 heteroatoms. The average molecular weight is 463 g/mol. The first-order valence-electron chi connectivity index (χ1n) is 7.01. The van der Waals surface area contributed by atoms with Crippen LogP contribution in [0.5, 0.6) is 0 Å². The normalized spacial score (nSPS) is 10.7.